The quantitative estimate of drug-likeness (QED) is 0.314. The molecule has 0 atom stereocenters. The van der Waals surface area contributed by atoms with E-state index in [1.807, 2.05) is 38.1 Å². The van der Waals surface area contributed by atoms with Gasteiger partial charge in [0.05, 0.1) is 18.6 Å². The maximum atomic E-state index is 12.2. The van der Waals surface area contributed by atoms with Gasteiger partial charge < -0.3 is 24.8 Å². The predicted octanol–water partition coefficient (Wildman–Crippen LogP) is 5.25. The molecule has 9 nitrogen and oxygen atoms in total. The minimum atomic E-state index is -0.675. The van der Waals surface area contributed by atoms with Crippen molar-refractivity contribution in [3.8, 4) is 11.5 Å². The van der Waals surface area contributed by atoms with Crippen molar-refractivity contribution in [1.29, 1.82) is 0 Å². The highest BCUT2D eigenvalue weighted by Crippen LogP contribution is 2.25. The summed E-state index contributed by atoms with van der Waals surface area (Å²) in [5.74, 6) is -0.643. The van der Waals surface area contributed by atoms with E-state index in [0.717, 1.165) is 17.7 Å². The molecular weight excluding hydrogens is 488 g/mol. The Morgan fingerprint density at radius 1 is 0.737 bits per heavy atom. The van der Waals surface area contributed by atoms with E-state index in [1.54, 1.807) is 36.4 Å². The molecule has 2 amide bonds. The Labute approximate surface area is 221 Å². The molecule has 0 unspecified atom stereocenters. The Hall–Kier alpha value is -4.66. The lowest BCUT2D eigenvalue weighted by Crippen LogP contribution is -2.21. The molecule has 9 heteroatoms. The number of amides is 2. The van der Waals surface area contributed by atoms with Gasteiger partial charge in [-0.05, 0) is 73.5 Å². The number of nitrogens with one attached hydrogen (secondary N) is 2. The first kappa shape index (κ1) is 27.9. The first-order valence-electron chi connectivity index (χ1n) is 12.2. The standard InChI is InChI=1S/C29H30N2O7/c1-3-18-36-29(35)21-8-10-22(11-9-21)31-27(33)19-37-28(34)17-16-26(32)30-23-12-14-24(15-13-23)38-25-7-5-4-6-20(25)2/h4-15H,3,16-19H2,1-2H3,(H,30,32)(H,31,33). The molecule has 0 spiro atoms. The van der Waals surface area contributed by atoms with E-state index >= 15 is 0 Å². The summed E-state index contributed by atoms with van der Waals surface area (Å²) in [5.41, 5.74) is 2.37. The third-order valence-electron chi connectivity index (χ3n) is 5.22. The van der Waals surface area contributed by atoms with Crippen LogP contribution in [0.15, 0.2) is 72.8 Å². The van der Waals surface area contributed by atoms with Crippen molar-refractivity contribution in [3.63, 3.8) is 0 Å². The van der Waals surface area contributed by atoms with Crippen LogP contribution in [0, 0.1) is 6.92 Å². The summed E-state index contributed by atoms with van der Waals surface area (Å²) in [4.78, 5) is 48.0. The zero-order valence-electron chi connectivity index (χ0n) is 21.3. The molecule has 0 aliphatic rings. The van der Waals surface area contributed by atoms with Gasteiger partial charge in [-0.1, -0.05) is 25.1 Å². The van der Waals surface area contributed by atoms with E-state index in [4.69, 9.17) is 14.2 Å². The average molecular weight is 519 g/mol. The zero-order valence-corrected chi connectivity index (χ0v) is 21.3. The summed E-state index contributed by atoms with van der Waals surface area (Å²) in [6.07, 6.45) is 0.446. The van der Waals surface area contributed by atoms with E-state index in [0.29, 0.717) is 29.3 Å². The first-order valence-corrected chi connectivity index (χ1v) is 12.2. The van der Waals surface area contributed by atoms with Gasteiger partial charge in [0.2, 0.25) is 5.91 Å². The number of ether oxygens (including phenoxy) is 3. The van der Waals surface area contributed by atoms with Crippen LogP contribution in [0.5, 0.6) is 11.5 Å². The molecule has 3 rings (SSSR count). The number of esters is 2. The van der Waals surface area contributed by atoms with Crippen LogP contribution in [0.1, 0.15) is 42.1 Å². The fraction of sp³-hybridized carbons (Fsp3) is 0.241. The second kappa shape index (κ2) is 14.2. The average Bonchev–Trinajstić information content (AvgIpc) is 2.92. The molecule has 2 N–H and O–H groups in total. The first-order chi connectivity index (χ1) is 18.3. The second-order valence-electron chi connectivity index (χ2n) is 8.36. The molecule has 0 aliphatic heterocycles. The van der Waals surface area contributed by atoms with Crippen molar-refractivity contribution in [1.82, 2.24) is 0 Å². The van der Waals surface area contributed by atoms with Gasteiger partial charge in [0.1, 0.15) is 11.5 Å². The van der Waals surface area contributed by atoms with Crippen LogP contribution in [-0.4, -0.2) is 37.0 Å². The van der Waals surface area contributed by atoms with Crippen LogP contribution < -0.4 is 15.4 Å². The summed E-state index contributed by atoms with van der Waals surface area (Å²) in [5, 5.41) is 5.28. The highest BCUT2D eigenvalue weighted by Gasteiger charge is 2.12. The number of hydrogen-bond acceptors (Lipinski definition) is 7. The monoisotopic (exact) mass is 518 g/mol. The van der Waals surface area contributed by atoms with Crippen LogP contribution in [0.4, 0.5) is 11.4 Å². The summed E-state index contributed by atoms with van der Waals surface area (Å²) in [7, 11) is 0. The van der Waals surface area contributed by atoms with Gasteiger partial charge in [-0.3, -0.25) is 14.4 Å². The maximum absolute atomic E-state index is 12.2. The lowest BCUT2D eigenvalue weighted by molar-refractivity contribution is -0.147. The molecule has 0 heterocycles. The van der Waals surface area contributed by atoms with Gasteiger partial charge in [-0.2, -0.15) is 0 Å². The molecular formula is C29H30N2O7. The molecule has 0 saturated carbocycles. The molecule has 0 fully saturated rings. The van der Waals surface area contributed by atoms with Crippen molar-refractivity contribution in [2.24, 2.45) is 0 Å². The fourth-order valence-electron chi connectivity index (χ4n) is 3.23. The molecule has 0 aromatic heterocycles. The van der Waals surface area contributed by atoms with Crippen LogP contribution in [0.25, 0.3) is 0 Å². The molecule has 3 aromatic rings. The molecule has 0 bridgehead atoms. The van der Waals surface area contributed by atoms with Crippen molar-refractivity contribution in [2.75, 3.05) is 23.8 Å². The summed E-state index contributed by atoms with van der Waals surface area (Å²) in [6, 6.07) is 20.7. The van der Waals surface area contributed by atoms with Gasteiger partial charge in [-0.25, -0.2) is 4.79 Å². The van der Waals surface area contributed by atoms with Crippen molar-refractivity contribution in [3.05, 3.63) is 83.9 Å². The van der Waals surface area contributed by atoms with Crippen molar-refractivity contribution in [2.45, 2.75) is 33.1 Å². The number of aryl methyl sites for hydroxylation is 1. The number of para-hydroxylation sites is 1. The number of carbonyl (C=O) groups excluding carboxylic acids is 4. The fourth-order valence-corrected chi connectivity index (χ4v) is 3.23. The SMILES string of the molecule is CCCOC(=O)c1ccc(NC(=O)COC(=O)CCC(=O)Nc2ccc(Oc3ccccc3C)cc2)cc1. The van der Waals surface area contributed by atoms with Crippen LogP contribution in [0.3, 0.4) is 0 Å². The molecule has 0 radical (unpaired) electrons. The van der Waals surface area contributed by atoms with E-state index in [2.05, 4.69) is 10.6 Å². The highest BCUT2D eigenvalue weighted by atomic mass is 16.5. The minimum absolute atomic E-state index is 0.0997. The number of hydrogen-bond donors (Lipinski definition) is 2. The topological polar surface area (TPSA) is 120 Å². The Morgan fingerprint density at radius 3 is 2.03 bits per heavy atom. The van der Waals surface area contributed by atoms with Gasteiger partial charge in [0, 0.05) is 17.8 Å². The van der Waals surface area contributed by atoms with Crippen LogP contribution in [0.2, 0.25) is 0 Å². The van der Waals surface area contributed by atoms with Gasteiger partial charge in [0.15, 0.2) is 6.61 Å². The van der Waals surface area contributed by atoms with Gasteiger partial charge in [0.25, 0.3) is 5.91 Å². The lowest BCUT2D eigenvalue weighted by atomic mass is 10.2. The third kappa shape index (κ3) is 9.09. The van der Waals surface area contributed by atoms with Crippen molar-refractivity contribution >= 4 is 35.1 Å². The van der Waals surface area contributed by atoms with Crippen LogP contribution in [-0.2, 0) is 23.9 Å². The number of anilines is 2. The normalized spacial score (nSPS) is 10.3. The molecule has 38 heavy (non-hydrogen) atoms. The van der Waals surface area contributed by atoms with Crippen molar-refractivity contribution < 1.29 is 33.4 Å². The van der Waals surface area contributed by atoms with Crippen LogP contribution >= 0.6 is 0 Å². The predicted molar refractivity (Wildman–Crippen MR) is 142 cm³/mol. The summed E-state index contributed by atoms with van der Waals surface area (Å²) >= 11 is 0. The third-order valence-corrected chi connectivity index (χ3v) is 5.22. The highest BCUT2D eigenvalue weighted by molar-refractivity contribution is 5.95. The summed E-state index contributed by atoms with van der Waals surface area (Å²) < 4.78 is 15.8. The molecule has 198 valence electrons. The van der Waals surface area contributed by atoms with Gasteiger partial charge >= 0.3 is 11.9 Å². The Morgan fingerprint density at radius 2 is 1.37 bits per heavy atom. The Kier molecular flexibility index (Phi) is 10.4. The minimum Gasteiger partial charge on any atom is -0.462 e. The maximum Gasteiger partial charge on any atom is 0.338 e. The molecule has 0 saturated heterocycles. The second-order valence-corrected chi connectivity index (χ2v) is 8.36. The largest absolute Gasteiger partial charge is 0.462 e. The Balaban J connectivity index is 1.35. The number of rotatable bonds is 12. The smallest absolute Gasteiger partial charge is 0.338 e. The molecule has 3 aromatic carbocycles. The Bertz CT molecular complexity index is 1250. The summed E-state index contributed by atoms with van der Waals surface area (Å²) in [6.45, 7) is 3.69. The van der Waals surface area contributed by atoms with E-state index in [-0.39, 0.29) is 18.7 Å². The lowest BCUT2D eigenvalue weighted by Gasteiger charge is -2.10. The van der Waals surface area contributed by atoms with E-state index in [1.165, 1.54) is 12.1 Å². The van der Waals surface area contributed by atoms with E-state index in [9.17, 15) is 19.2 Å². The molecule has 0 aliphatic carbocycles. The van der Waals surface area contributed by atoms with Gasteiger partial charge in [-0.15, -0.1) is 0 Å². The van der Waals surface area contributed by atoms with E-state index < -0.39 is 24.5 Å². The number of benzene rings is 3. The number of carbonyl (C=O) groups is 4. The zero-order chi connectivity index (χ0) is 27.3.